The molecule has 0 radical (unpaired) electrons. The normalized spacial score (nSPS) is 17.9. The number of amides is 2. The molecule has 14 heteroatoms. The molecular formula is C29H26ClF3N8O2. The van der Waals surface area contributed by atoms with Crippen LogP contribution in [0.1, 0.15) is 41.4 Å². The molecule has 10 nitrogen and oxygen atoms in total. The molecule has 2 fully saturated rings. The van der Waals surface area contributed by atoms with Crippen LogP contribution in [0.25, 0.3) is 11.3 Å². The van der Waals surface area contributed by atoms with Crippen molar-refractivity contribution in [2.45, 2.75) is 32.4 Å². The third kappa shape index (κ3) is 5.76. The molecule has 1 N–H and O–H groups in total. The third-order valence-electron chi connectivity index (χ3n) is 7.82. The lowest BCUT2D eigenvalue weighted by Gasteiger charge is -2.54. The van der Waals surface area contributed by atoms with Crippen molar-refractivity contribution in [2.75, 3.05) is 29.9 Å². The first-order valence-corrected chi connectivity index (χ1v) is 13.9. The molecule has 2 amide bonds. The van der Waals surface area contributed by atoms with Crippen LogP contribution in [0.15, 0.2) is 55.2 Å². The summed E-state index contributed by atoms with van der Waals surface area (Å²) in [6, 6.07) is 6.26. The SMILES string of the molecule is CC(=O)N1CC[C@@H]2CN(c3ccc(Cn4cc(NC(=O)c5cncc(-c6c(C(F)F)ccc(Cl)c6F)n5)cn4)cn3)[C@@H]2C1. The molecule has 0 bridgehead atoms. The second-order valence-electron chi connectivity index (χ2n) is 10.6. The lowest BCUT2D eigenvalue weighted by molar-refractivity contribution is -0.131. The van der Waals surface area contributed by atoms with Crippen molar-refractivity contribution in [3.05, 3.63) is 82.9 Å². The number of hydrogen-bond acceptors (Lipinski definition) is 7. The molecule has 0 spiro atoms. The Morgan fingerprint density at radius 2 is 1.95 bits per heavy atom. The zero-order valence-electron chi connectivity index (χ0n) is 22.9. The maximum absolute atomic E-state index is 14.7. The molecule has 6 rings (SSSR count). The fraction of sp³-hybridized carbons (Fsp3) is 0.310. The van der Waals surface area contributed by atoms with Gasteiger partial charge in [0.15, 0.2) is 5.82 Å². The molecule has 1 aromatic carbocycles. The van der Waals surface area contributed by atoms with E-state index in [1.165, 1.54) is 6.20 Å². The van der Waals surface area contributed by atoms with Gasteiger partial charge in [-0.3, -0.25) is 19.3 Å². The number of alkyl halides is 2. The average Bonchev–Trinajstić information content (AvgIpc) is 3.42. The van der Waals surface area contributed by atoms with E-state index in [9.17, 15) is 22.8 Å². The Morgan fingerprint density at radius 1 is 1.12 bits per heavy atom. The van der Waals surface area contributed by atoms with Gasteiger partial charge in [0.2, 0.25) is 5.91 Å². The standard InChI is InChI=1S/C29H26ClF3N8O2/c1-16(42)39-7-6-18-13-41(24(18)15-39)25-5-2-17(8-35-25)12-40-14-19(9-36-40)37-29(43)23-11-34-10-22(38-23)26-20(28(32)33)3-4-21(30)27(26)31/h2-5,8-11,14,18,24,28H,6-7,12-13,15H2,1H3,(H,37,43)/t18-,24-/m1/s1. The van der Waals surface area contributed by atoms with Crippen LogP contribution in [-0.2, 0) is 11.3 Å². The minimum atomic E-state index is -2.99. The van der Waals surface area contributed by atoms with Crippen LogP contribution in [0.3, 0.4) is 0 Å². The van der Waals surface area contributed by atoms with E-state index in [4.69, 9.17) is 11.6 Å². The first kappa shape index (κ1) is 28.6. The minimum absolute atomic E-state index is 0.0984. The zero-order valence-corrected chi connectivity index (χ0v) is 23.7. The number of fused-ring (bicyclic) bond motifs is 1. The molecule has 2 atom stereocenters. The monoisotopic (exact) mass is 610 g/mol. The van der Waals surface area contributed by atoms with Crippen molar-refractivity contribution in [3.63, 3.8) is 0 Å². The van der Waals surface area contributed by atoms with Gasteiger partial charge in [-0.15, -0.1) is 0 Å². The Kier molecular flexibility index (Phi) is 7.74. The second kappa shape index (κ2) is 11.6. The Bertz CT molecular complexity index is 1680. The van der Waals surface area contributed by atoms with E-state index < -0.39 is 29.3 Å². The number of aromatic nitrogens is 5. The van der Waals surface area contributed by atoms with Crippen LogP contribution in [0.2, 0.25) is 5.02 Å². The summed E-state index contributed by atoms with van der Waals surface area (Å²) < 4.78 is 43.4. The van der Waals surface area contributed by atoms with Gasteiger partial charge in [-0.25, -0.2) is 23.1 Å². The van der Waals surface area contributed by atoms with Crippen molar-refractivity contribution in [2.24, 2.45) is 5.92 Å². The number of piperidine rings is 1. The van der Waals surface area contributed by atoms with Gasteiger partial charge in [0.1, 0.15) is 11.5 Å². The summed E-state index contributed by atoms with van der Waals surface area (Å²) in [4.78, 5) is 41.4. The summed E-state index contributed by atoms with van der Waals surface area (Å²) in [6.07, 6.45) is 5.10. The van der Waals surface area contributed by atoms with Crippen molar-refractivity contribution in [3.8, 4) is 11.3 Å². The van der Waals surface area contributed by atoms with Crippen LogP contribution in [-0.4, -0.2) is 67.1 Å². The number of nitrogens with zero attached hydrogens (tertiary/aromatic N) is 7. The first-order valence-electron chi connectivity index (χ1n) is 13.6. The van der Waals surface area contributed by atoms with E-state index in [1.54, 1.807) is 24.0 Å². The maximum Gasteiger partial charge on any atom is 0.275 e. The second-order valence-corrected chi connectivity index (χ2v) is 11.0. The zero-order chi connectivity index (χ0) is 30.2. The van der Waals surface area contributed by atoms with Gasteiger partial charge in [0.25, 0.3) is 12.3 Å². The minimum Gasteiger partial charge on any atom is -0.351 e. The highest BCUT2D eigenvalue weighted by atomic mass is 35.5. The van der Waals surface area contributed by atoms with Gasteiger partial charge in [-0.1, -0.05) is 23.7 Å². The Balaban J connectivity index is 1.10. The Labute approximate surface area is 249 Å². The van der Waals surface area contributed by atoms with E-state index in [-0.39, 0.29) is 28.4 Å². The summed E-state index contributed by atoms with van der Waals surface area (Å²) in [5.41, 5.74) is -0.316. The predicted molar refractivity (Wildman–Crippen MR) is 152 cm³/mol. The number of nitrogens with one attached hydrogen (secondary N) is 1. The summed E-state index contributed by atoms with van der Waals surface area (Å²) in [6.45, 7) is 4.46. The van der Waals surface area contributed by atoms with Gasteiger partial charge in [0.05, 0.1) is 47.6 Å². The molecule has 2 saturated heterocycles. The Morgan fingerprint density at radius 3 is 2.70 bits per heavy atom. The molecular weight excluding hydrogens is 585 g/mol. The van der Waals surface area contributed by atoms with Crippen molar-refractivity contribution in [1.29, 1.82) is 0 Å². The highest BCUT2D eigenvalue weighted by Crippen LogP contribution is 2.36. The fourth-order valence-corrected chi connectivity index (χ4v) is 5.68. The van der Waals surface area contributed by atoms with Crippen LogP contribution < -0.4 is 10.2 Å². The van der Waals surface area contributed by atoms with E-state index in [0.29, 0.717) is 18.2 Å². The summed E-state index contributed by atoms with van der Waals surface area (Å²) in [7, 11) is 0. The van der Waals surface area contributed by atoms with Crippen LogP contribution in [0.5, 0.6) is 0 Å². The maximum atomic E-state index is 14.7. The quantitative estimate of drug-likeness (QED) is 0.319. The lowest BCUT2D eigenvalue weighted by atomic mass is 9.82. The highest BCUT2D eigenvalue weighted by Gasteiger charge is 2.43. The number of likely N-dealkylation sites (tertiary alicyclic amines) is 1. The molecule has 5 heterocycles. The van der Waals surface area contributed by atoms with Crippen LogP contribution in [0.4, 0.5) is 24.7 Å². The van der Waals surface area contributed by atoms with Crippen molar-refractivity contribution in [1.82, 2.24) is 29.6 Å². The summed E-state index contributed by atoms with van der Waals surface area (Å²) >= 11 is 5.81. The Hall–Kier alpha value is -4.52. The predicted octanol–water partition coefficient (Wildman–Crippen LogP) is 4.82. The summed E-state index contributed by atoms with van der Waals surface area (Å²) in [5, 5.41) is 6.57. The van der Waals surface area contributed by atoms with Crippen molar-refractivity contribution >= 4 is 34.9 Å². The van der Waals surface area contributed by atoms with E-state index in [0.717, 1.165) is 62.0 Å². The highest BCUT2D eigenvalue weighted by molar-refractivity contribution is 6.31. The molecule has 3 aromatic heterocycles. The number of carbonyl (C=O) groups is 2. The van der Waals surface area contributed by atoms with Crippen molar-refractivity contribution < 1.29 is 22.8 Å². The summed E-state index contributed by atoms with van der Waals surface area (Å²) in [5.74, 6) is -0.208. The van der Waals surface area contributed by atoms with Crippen LogP contribution in [0, 0.1) is 11.7 Å². The molecule has 222 valence electrons. The van der Waals surface area contributed by atoms with Crippen LogP contribution >= 0.6 is 11.6 Å². The smallest absolute Gasteiger partial charge is 0.275 e. The molecule has 2 aliphatic heterocycles. The van der Waals surface area contributed by atoms with Gasteiger partial charge in [-0.2, -0.15) is 5.10 Å². The molecule has 43 heavy (non-hydrogen) atoms. The molecule has 2 aliphatic rings. The number of carbonyl (C=O) groups excluding carboxylic acids is 2. The number of halogens is 4. The number of pyridine rings is 1. The number of benzene rings is 1. The fourth-order valence-electron chi connectivity index (χ4n) is 5.53. The first-order chi connectivity index (χ1) is 20.7. The molecule has 0 saturated carbocycles. The van der Waals surface area contributed by atoms with Gasteiger partial charge >= 0.3 is 0 Å². The van der Waals surface area contributed by atoms with E-state index in [2.05, 4.69) is 30.3 Å². The lowest BCUT2D eigenvalue weighted by Crippen LogP contribution is -2.65. The average molecular weight is 611 g/mol. The molecule has 0 unspecified atom stereocenters. The molecule has 0 aliphatic carbocycles. The third-order valence-corrected chi connectivity index (χ3v) is 8.11. The number of anilines is 2. The van der Waals surface area contributed by atoms with Gasteiger partial charge in [0, 0.05) is 56.0 Å². The number of hydrogen-bond donors (Lipinski definition) is 1. The van der Waals surface area contributed by atoms with Gasteiger partial charge in [-0.05, 0) is 24.1 Å². The largest absolute Gasteiger partial charge is 0.351 e. The number of rotatable bonds is 7. The van der Waals surface area contributed by atoms with E-state index in [1.807, 2.05) is 17.0 Å². The topological polar surface area (TPSA) is 109 Å². The van der Waals surface area contributed by atoms with Gasteiger partial charge < -0.3 is 15.1 Å². The van der Waals surface area contributed by atoms with E-state index >= 15 is 0 Å². The molecule has 4 aromatic rings.